The molecule has 3 atom stereocenters. The fourth-order valence-corrected chi connectivity index (χ4v) is 1.27. The molecule has 2 nitrogen and oxygen atoms in total. The first-order valence-corrected chi connectivity index (χ1v) is 3.55. The van der Waals surface area contributed by atoms with Gasteiger partial charge in [0.25, 0.3) is 0 Å². The summed E-state index contributed by atoms with van der Waals surface area (Å²) in [7, 11) is 0. The molecule has 1 fully saturated rings. The summed E-state index contributed by atoms with van der Waals surface area (Å²) in [4.78, 5) is 0. The van der Waals surface area contributed by atoms with Crippen LogP contribution < -0.4 is 0 Å². The van der Waals surface area contributed by atoms with Crippen molar-refractivity contribution >= 4 is 0 Å². The highest BCUT2D eigenvalue weighted by atomic mass is 16.7. The second-order valence-electron chi connectivity index (χ2n) is 2.70. The third-order valence-corrected chi connectivity index (χ3v) is 1.94. The van der Waals surface area contributed by atoms with Crippen LogP contribution in [-0.4, -0.2) is 17.5 Å². The molecule has 1 heterocycles. The van der Waals surface area contributed by atoms with Gasteiger partial charge in [-0.2, -0.15) is 0 Å². The van der Waals surface area contributed by atoms with Gasteiger partial charge in [0, 0.05) is 5.92 Å². The zero-order valence-corrected chi connectivity index (χ0v) is 5.60. The van der Waals surface area contributed by atoms with E-state index in [0.717, 1.165) is 6.42 Å². The summed E-state index contributed by atoms with van der Waals surface area (Å²) in [6, 6.07) is 0. The third kappa shape index (κ3) is 1.00. The average molecular weight is 138 g/mol. The van der Waals surface area contributed by atoms with E-state index in [9.17, 15) is 0 Å². The molecule has 54 valence electrons. The summed E-state index contributed by atoms with van der Waals surface area (Å²) in [6.07, 6.45) is 8.77. The van der Waals surface area contributed by atoms with Crippen molar-refractivity contribution in [3.63, 3.8) is 0 Å². The molecule has 0 spiro atoms. The average Bonchev–Trinajstić information content (AvgIpc) is 2.69. The molecule has 1 aliphatic heterocycles. The van der Waals surface area contributed by atoms with Crippen LogP contribution in [0.4, 0.5) is 0 Å². The Hall–Kier alpha value is -0.600. The molecule has 10 heavy (non-hydrogen) atoms. The van der Waals surface area contributed by atoms with Gasteiger partial charge < -0.3 is 9.84 Å². The number of allylic oxidation sites excluding steroid dienone is 3. The van der Waals surface area contributed by atoms with Crippen LogP contribution in [0.2, 0.25) is 0 Å². The first-order valence-electron chi connectivity index (χ1n) is 3.55. The summed E-state index contributed by atoms with van der Waals surface area (Å²) in [5.41, 5.74) is 0. The molecular formula is C8H10O2. The lowest BCUT2D eigenvalue weighted by atomic mass is 9.97. The lowest BCUT2D eigenvalue weighted by Gasteiger charge is -2.07. The van der Waals surface area contributed by atoms with Gasteiger partial charge >= 0.3 is 0 Å². The molecule has 0 bridgehead atoms. The van der Waals surface area contributed by atoms with Crippen LogP contribution in [-0.2, 0) is 4.74 Å². The van der Waals surface area contributed by atoms with Gasteiger partial charge in [-0.25, -0.2) is 0 Å². The highest BCUT2D eigenvalue weighted by Crippen LogP contribution is 2.31. The standard InChI is InChI=1S/C8H10O2/c9-8-7(10-8)6-4-2-1-3-5-6/h1-4,6-9H,5H2. The smallest absolute Gasteiger partial charge is 0.182 e. The second kappa shape index (κ2) is 2.22. The molecule has 0 saturated carbocycles. The number of aliphatic hydroxyl groups is 1. The minimum absolute atomic E-state index is 0.0706. The zero-order chi connectivity index (χ0) is 6.97. The number of hydrogen-bond donors (Lipinski definition) is 1. The van der Waals surface area contributed by atoms with Crippen LogP contribution in [0.1, 0.15) is 6.42 Å². The van der Waals surface area contributed by atoms with Gasteiger partial charge in [0.05, 0.1) is 0 Å². The maximum atomic E-state index is 8.90. The normalized spacial score (nSPS) is 43.9. The van der Waals surface area contributed by atoms with Crippen molar-refractivity contribution in [3.8, 4) is 0 Å². The SMILES string of the molecule is OC1OC1C1C=CC=CC1. The van der Waals surface area contributed by atoms with Crippen molar-refractivity contribution in [1.82, 2.24) is 0 Å². The molecule has 1 saturated heterocycles. The van der Waals surface area contributed by atoms with Crippen molar-refractivity contribution in [3.05, 3.63) is 24.3 Å². The summed E-state index contributed by atoms with van der Waals surface area (Å²) < 4.78 is 4.93. The predicted octanol–water partition coefficient (Wildman–Crippen LogP) is 0.836. The summed E-state index contributed by atoms with van der Waals surface area (Å²) in [6.45, 7) is 0. The van der Waals surface area contributed by atoms with Crippen LogP contribution in [0, 0.1) is 5.92 Å². The minimum atomic E-state index is -0.499. The molecular weight excluding hydrogens is 128 g/mol. The molecule has 0 amide bonds. The predicted molar refractivity (Wildman–Crippen MR) is 37.3 cm³/mol. The van der Waals surface area contributed by atoms with E-state index in [1.165, 1.54) is 0 Å². The maximum absolute atomic E-state index is 8.90. The van der Waals surface area contributed by atoms with Gasteiger partial charge in [-0.1, -0.05) is 24.3 Å². The summed E-state index contributed by atoms with van der Waals surface area (Å²) in [5.74, 6) is 0.403. The van der Waals surface area contributed by atoms with Gasteiger partial charge in [0.2, 0.25) is 0 Å². The molecule has 2 heteroatoms. The van der Waals surface area contributed by atoms with Crippen molar-refractivity contribution in [2.45, 2.75) is 18.8 Å². The van der Waals surface area contributed by atoms with Gasteiger partial charge in [-0.15, -0.1) is 0 Å². The van der Waals surface area contributed by atoms with E-state index in [4.69, 9.17) is 9.84 Å². The molecule has 3 unspecified atom stereocenters. The Morgan fingerprint density at radius 3 is 2.70 bits per heavy atom. The van der Waals surface area contributed by atoms with E-state index in [1.807, 2.05) is 12.2 Å². The third-order valence-electron chi connectivity index (χ3n) is 1.94. The number of hydrogen-bond acceptors (Lipinski definition) is 2. The maximum Gasteiger partial charge on any atom is 0.182 e. The van der Waals surface area contributed by atoms with Crippen molar-refractivity contribution < 1.29 is 9.84 Å². The van der Waals surface area contributed by atoms with Gasteiger partial charge in [-0.3, -0.25) is 0 Å². The van der Waals surface area contributed by atoms with Gasteiger partial charge in [-0.05, 0) is 6.42 Å². The van der Waals surface area contributed by atoms with E-state index in [1.54, 1.807) is 0 Å². The van der Waals surface area contributed by atoms with E-state index in [-0.39, 0.29) is 6.10 Å². The number of rotatable bonds is 1. The number of ether oxygens (including phenoxy) is 1. The molecule has 2 rings (SSSR count). The monoisotopic (exact) mass is 138 g/mol. The topological polar surface area (TPSA) is 32.8 Å². The zero-order valence-electron chi connectivity index (χ0n) is 5.60. The van der Waals surface area contributed by atoms with E-state index in [2.05, 4.69) is 12.2 Å². The fraction of sp³-hybridized carbons (Fsp3) is 0.500. The first-order chi connectivity index (χ1) is 4.88. The van der Waals surface area contributed by atoms with Crippen LogP contribution in [0.3, 0.4) is 0 Å². The van der Waals surface area contributed by atoms with Crippen molar-refractivity contribution in [2.75, 3.05) is 0 Å². The lowest BCUT2D eigenvalue weighted by Crippen LogP contribution is -2.08. The van der Waals surface area contributed by atoms with Crippen LogP contribution >= 0.6 is 0 Å². The van der Waals surface area contributed by atoms with Gasteiger partial charge in [0.15, 0.2) is 6.29 Å². The second-order valence-corrected chi connectivity index (χ2v) is 2.70. The highest BCUT2D eigenvalue weighted by Gasteiger charge is 2.42. The Labute approximate surface area is 59.8 Å². The highest BCUT2D eigenvalue weighted by molar-refractivity contribution is 5.13. The van der Waals surface area contributed by atoms with Crippen LogP contribution in [0.15, 0.2) is 24.3 Å². The molecule has 0 aromatic carbocycles. The Morgan fingerprint density at radius 2 is 2.20 bits per heavy atom. The van der Waals surface area contributed by atoms with E-state index in [0.29, 0.717) is 5.92 Å². The Kier molecular flexibility index (Phi) is 1.36. The lowest BCUT2D eigenvalue weighted by molar-refractivity contribution is 0.155. The van der Waals surface area contributed by atoms with Crippen molar-refractivity contribution in [1.29, 1.82) is 0 Å². The minimum Gasteiger partial charge on any atom is -0.366 e. The first kappa shape index (κ1) is 6.13. The molecule has 0 aromatic rings. The largest absolute Gasteiger partial charge is 0.366 e. The van der Waals surface area contributed by atoms with Crippen LogP contribution in [0.5, 0.6) is 0 Å². The molecule has 0 radical (unpaired) electrons. The van der Waals surface area contributed by atoms with E-state index < -0.39 is 6.29 Å². The number of epoxide rings is 1. The molecule has 2 aliphatic rings. The quantitative estimate of drug-likeness (QED) is 0.544. The molecule has 1 aliphatic carbocycles. The number of aliphatic hydroxyl groups excluding tert-OH is 1. The Balaban J connectivity index is 1.95. The van der Waals surface area contributed by atoms with Crippen LogP contribution in [0.25, 0.3) is 0 Å². The molecule has 1 N–H and O–H groups in total. The summed E-state index contributed by atoms with van der Waals surface area (Å²) in [5, 5.41) is 8.90. The Morgan fingerprint density at radius 1 is 1.40 bits per heavy atom. The van der Waals surface area contributed by atoms with Crippen molar-refractivity contribution in [2.24, 2.45) is 5.92 Å². The summed E-state index contributed by atoms with van der Waals surface area (Å²) >= 11 is 0. The van der Waals surface area contributed by atoms with Gasteiger partial charge in [0.1, 0.15) is 6.10 Å². The molecule has 0 aromatic heterocycles. The Bertz CT molecular complexity index is 184. The fourth-order valence-electron chi connectivity index (χ4n) is 1.27. The van der Waals surface area contributed by atoms with E-state index >= 15 is 0 Å².